The summed E-state index contributed by atoms with van der Waals surface area (Å²) in [4.78, 5) is 0. The minimum absolute atomic E-state index is 0.236. The van der Waals surface area contributed by atoms with Crippen LogP contribution in [0, 0.1) is 0 Å². The number of nitrogens with one attached hydrogen (secondary N) is 2. The van der Waals surface area contributed by atoms with E-state index in [0.717, 1.165) is 16.8 Å². The molecule has 2 aromatic rings. The van der Waals surface area contributed by atoms with Crippen molar-refractivity contribution in [1.29, 1.82) is 0 Å². The van der Waals surface area contributed by atoms with Crippen LogP contribution in [0.25, 0.3) is 0 Å². The van der Waals surface area contributed by atoms with Gasteiger partial charge in [0.1, 0.15) is 5.75 Å². The molecule has 0 heterocycles. The summed E-state index contributed by atoms with van der Waals surface area (Å²) in [6.45, 7) is 2.53. The number of hydrogen-bond acceptors (Lipinski definition) is 3. The zero-order valence-corrected chi connectivity index (χ0v) is 12.5. The molecule has 3 N–H and O–H groups in total. The molecule has 0 amide bonds. The van der Waals surface area contributed by atoms with Crippen molar-refractivity contribution in [2.45, 2.75) is 13.5 Å². The van der Waals surface area contributed by atoms with E-state index >= 15 is 0 Å². The molecule has 0 aliphatic carbocycles. The molecule has 21 heavy (non-hydrogen) atoms. The van der Waals surface area contributed by atoms with Gasteiger partial charge in [-0.15, -0.1) is 0 Å². The molecule has 0 bridgehead atoms. The molecule has 2 aromatic carbocycles. The van der Waals surface area contributed by atoms with Crippen LogP contribution in [0.1, 0.15) is 18.1 Å². The van der Waals surface area contributed by atoms with E-state index in [2.05, 4.69) is 15.8 Å². The fraction of sp³-hybridized carbons (Fsp3) is 0.125. The van der Waals surface area contributed by atoms with Crippen molar-refractivity contribution >= 4 is 23.0 Å². The second-order valence-corrected chi connectivity index (χ2v) is 4.93. The molecule has 4 nitrogen and oxygen atoms in total. The maximum atomic E-state index is 9.25. The fourth-order valence-electron chi connectivity index (χ4n) is 1.72. The Balaban J connectivity index is 1.85. The van der Waals surface area contributed by atoms with Crippen LogP contribution in [0.2, 0.25) is 0 Å². The van der Waals surface area contributed by atoms with Crippen LogP contribution in [0.5, 0.6) is 5.75 Å². The number of hydrazone groups is 1. The first-order valence-electron chi connectivity index (χ1n) is 6.56. The summed E-state index contributed by atoms with van der Waals surface area (Å²) in [5.74, 6) is 0.236. The largest absolute Gasteiger partial charge is 0.508 e. The Bertz CT molecular complexity index is 624. The maximum absolute atomic E-state index is 9.25. The van der Waals surface area contributed by atoms with E-state index in [4.69, 9.17) is 12.2 Å². The quantitative estimate of drug-likeness (QED) is 0.461. The molecule has 2 rings (SSSR count). The van der Waals surface area contributed by atoms with Crippen LogP contribution in [-0.2, 0) is 6.54 Å². The molecule has 0 saturated carbocycles. The highest BCUT2D eigenvalue weighted by atomic mass is 32.1. The normalized spacial score (nSPS) is 11.0. The third-order valence-electron chi connectivity index (χ3n) is 2.91. The minimum Gasteiger partial charge on any atom is -0.508 e. The summed E-state index contributed by atoms with van der Waals surface area (Å²) in [5, 5.41) is 17.0. The van der Waals surface area contributed by atoms with Crippen molar-refractivity contribution in [3.63, 3.8) is 0 Å². The van der Waals surface area contributed by atoms with Gasteiger partial charge in [0, 0.05) is 6.54 Å². The lowest BCUT2D eigenvalue weighted by Gasteiger charge is -2.08. The molecule has 0 aliphatic rings. The molecule has 0 fully saturated rings. The second kappa shape index (κ2) is 7.40. The van der Waals surface area contributed by atoms with E-state index in [1.54, 1.807) is 24.3 Å². The first kappa shape index (κ1) is 15.0. The summed E-state index contributed by atoms with van der Waals surface area (Å²) in [7, 11) is 0. The number of thiocarbonyl (C=S) groups is 1. The van der Waals surface area contributed by atoms with E-state index in [-0.39, 0.29) is 5.75 Å². The number of aromatic hydroxyl groups is 1. The number of nitrogens with zero attached hydrogens (tertiary/aromatic N) is 1. The monoisotopic (exact) mass is 299 g/mol. The molecule has 5 heteroatoms. The van der Waals surface area contributed by atoms with E-state index in [1.165, 1.54) is 0 Å². The zero-order chi connectivity index (χ0) is 15.1. The predicted octanol–water partition coefficient (Wildman–Crippen LogP) is 2.78. The van der Waals surface area contributed by atoms with E-state index in [0.29, 0.717) is 11.7 Å². The molecule has 0 aliphatic heterocycles. The van der Waals surface area contributed by atoms with Crippen LogP contribution in [0.15, 0.2) is 59.7 Å². The van der Waals surface area contributed by atoms with E-state index in [1.807, 2.05) is 37.3 Å². The zero-order valence-electron chi connectivity index (χ0n) is 11.7. The molecule has 0 radical (unpaired) electrons. The van der Waals surface area contributed by atoms with Gasteiger partial charge in [-0.05, 0) is 54.5 Å². The highest BCUT2D eigenvalue weighted by Crippen LogP contribution is 2.10. The molecular weight excluding hydrogens is 282 g/mol. The fourth-order valence-corrected chi connectivity index (χ4v) is 1.84. The van der Waals surface area contributed by atoms with Crippen molar-refractivity contribution in [3.8, 4) is 5.75 Å². The second-order valence-electron chi connectivity index (χ2n) is 4.52. The Morgan fingerprint density at radius 3 is 2.43 bits per heavy atom. The van der Waals surface area contributed by atoms with Gasteiger partial charge in [0.15, 0.2) is 5.11 Å². The van der Waals surface area contributed by atoms with Crippen molar-refractivity contribution in [3.05, 3.63) is 65.7 Å². The van der Waals surface area contributed by atoms with Crippen molar-refractivity contribution in [1.82, 2.24) is 10.7 Å². The number of phenols is 1. The van der Waals surface area contributed by atoms with Gasteiger partial charge in [-0.25, -0.2) is 0 Å². The summed E-state index contributed by atoms with van der Waals surface area (Å²) in [6.07, 6.45) is 0. The number of rotatable bonds is 4. The molecule has 108 valence electrons. The van der Waals surface area contributed by atoms with Crippen molar-refractivity contribution in [2.24, 2.45) is 5.10 Å². The molecule has 0 saturated heterocycles. The van der Waals surface area contributed by atoms with Crippen LogP contribution < -0.4 is 10.7 Å². The van der Waals surface area contributed by atoms with Gasteiger partial charge in [-0.2, -0.15) is 5.10 Å². The Labute approximate surface area is 129 Å². The topological polar surface area (TPSA) is 56.7 Å². The smallest absolute Gasteiger partial charge is 0.187 e. The lowest BCUT2D eigenvalue weighted by atomic mass is 10.1. The number of phenolic OH excluding ortho intramolecular Hbond substituents is 1. The third kappa shape index (κ3) is 4.89. The standard InChI is InChI=1S/C16H17N3OS/c1-12(14-7-9-15(20)10-8-14)18-19-16(21)17-11-13-5-3-2-4-6-13/h2-10,20H,11H2,1H3,(H2,17,19,21). The van der Waals surface area contributed by atoms with Gasteiger partial charge in [0.2, 0.25) is 0 Å². The first-order valence-corrected chi connectivity index (χ1v) is 6.97. The SMILES string of the molecule is CC(=NNC(=S)NCc1ccccc1)c1ccc(O)cc1. The lowest BCUT2D eigenvalue weighted by molar-refractivity contribution is 0.475. The average Bonchev–Trinajstić information content (AvgIpc) is 2.52. The van der Waals surface area contributed by atoms with Gasteiger partial charge < -0.3 is 10.4 Å². The van der Waals surface area contributed by atoms with Crippen LogP contribution in [0.3, 0.4) is 0 Å². The van der Waals surface area contributed by atoms with Gasteiger partial charge >= 0.3 is 0 Å². The van der Waals surface area contributed by atoms with Gasteiger partial charge in [-0.3, -0.25) is 5.43 Å². The highest BCUT2D eigenvalue weighted by molar-refractivity contribution is 7.80. The lowest BCUT2D eigenvalue weighted by Crippen LogP contribution is -2.32. The van der Waals surface area contributed by atoms with Crippen LogP contribution in [0.4, 0.5) is 0 Å². The summed E-state index contributed by atoms with van der Waals surface area (Å²) >= 11 is 5.17. The van der Waals surface area contributed by atoms with Gasteiger partial charge in [0.25, 0.3) is 0 Å². The predicted molar refractivity (Wildman–Crippen MR) is 89.3 cm³/mol. The molecular formula is C16H17N3OS. The Hall–Kier alpha value is -2.40. The Morgan fingerprint density at radius 2 is 1.76 bits per heavy atom. The maximum Gasteiger partial charge on any atom is 0.187 e. The molecule has 0 spiro atoms. The number of hydrogen-bond donors (Lipinski definition) is 3. The first-order chi connectivity index (χ1) is 10.1. The minimum atomic E-state index is 0.236. The molecule has 0 atom stereocenters. The Kier molecular flexibility index (Phi) is 5.29. The van der Waals surface area contributed by atoms with Crippen molar-refractivity contribution in [2.75, 3.05) is 0 Å². The number of benzene rings is 2. The molecule has 0 unspecified atom stereocenters. The van der Waals surface area contributed by atoms with Crippen LogP contribution in [-0.4, -0.2) is 15.9 Å². The summed E-state index contributed by atoms with van der Waals surface area (Å²) in [6, 6.07) is 16.9. The van der Waals surface area contributed by atoms with Crippen LogP contribution >= 0.6 is 12.2 Å². The average molecular weight is 299 g/mol. The Morgan fingerprint density at radius 1 is 1.10 bits per heavy atom. The summed E-state index contributed by atoms with van der Waals surface area (Å²) in [5.41, 5.74) is 5.68. The van der Waals surface area contributed by atoms with Gasteiger partial charge in [0.05, 0.1) is 5.71 Å². The summed E-state index contributed by atoms with van der Waals surface area (Å²) < 4.78 is 0. The third-order valence-corrected chi connectivity index (χ3v) is 3.14. The van der Waals surface area contributed by atoms with E-state index in [9.17, 15) is 5.11 Å². The van der Waals surface area contributed by atoms with Crippen molar-refractivity contribution < 1.29 is 5.11 Å². The molecule has 0 aromatic heterocycles. The van der Waals surface area contributed by atoms with E-state index < -0.39 is 0 Å². The highest BCUT2D eigenvalue weighted by Gasteiger charge is 1.99. The van der Waals surface area contributed by atoms with Gasteiger partial charge in [-0.1, -0.05) is 30.3 Å².